The molecule has 0 bridgehead atoms. The van der Waals surface area contributed by atoms with Crippen molar-refractivity contribution in [1.82, 2.24) is 4.90 Å². The van der Waals surface area contributed by atoms with Crippen LogP contribution in [0, 0.1) is 0 Å². The van der Waals surface area contributed by atoms with Crippen LogP contribution in [0.5, 0.6) is 0 Å². The van der Waals surface area contributed by atoms with Crippen LogP contribution in [-0.2, 0) is 0 Å². The second-order valence-electron chi connectivity index (χ2n) is 3.26. The molecule has 1 heterocycles. The molecule has 0 radical (unpaired) electrons. The zero-order valence-corrected chi connectivity index (χ0v) is 6.99. The van der Waals surface area contributed by atoms with Crippen molar-refractivity contribution in [3.8, 4) is 0 Å². The first-order valence-electron chi connectivity index (χ1n) is 4.07. The van der Waals surface area contributed by atoms with Gasteiger partial charge in [0.2, 0.25) is 0 Å². The molecule has 0 N–H and O–H groups in total. The van der Waals surface area contributed by atoms with Crippen molar-refractivity contribution < 1.29 is 0 Å². The lowest BCUT2D eigenvalue weighted by Crippen LogP contribution is -1.86. The monoisotopic (exact) mass is 147 g/mol. The lowest BCUT2D eigenvalue weighted by Gasteiger charge is -1.95. The van der Waals surface area contributed by atoms with Gasteiger partial charge in [-0.15, -0.1) is 0 Å². The van der Waals surface area contributed by atoms with E-state index in [0.717, 1.165) is 6.04 Å². The number of hydrogen-bond acceptors (Lipinski definition) is 1. The van der Waals surface area contributed by atoms with Gasteiger partial charge in [0.15, 0.2) is 0 Å². The molecule has 1 aromatic carbocycles. The highest BCUT2D eigenvalue weighted by Crippen LogP contribution is 2.40. The normalized spacial score (nSPS) is 35.3. The fraction of sp³-hybridized carbons (Fsp3) is 0.400. The summed E-state index contributed by atoms with van der Waals surface area (Å²) in [6.45, 7) is 2.26. The number of benzene rings is 1. The maximum atomic E-state index is 2.37. The van der Waals surface area contributed by atoms with Gasteiger partial charge in [0.05, 0.1) is 6.04 Å². The maximum Gasteiger partial charge on any atom is 0.0501 e. The van der Waals surface area contributed by atoms with Crippen LogP contribution in [-0.4, -0.2) is 18.0 Å². The zero-order valence-electron chi connectivity index (χ0n) is 6.99. The lowest BCUT2D eigenvalue weighted by molar-refractivity contribution is 0.600. The van der Waals surface area contributed by atoms with Crippen molar-refractivity contribution in [3.05, 3.63) is 35.9 Å². The second-order valence-corrected chi connectivity index (χ2v) is 3.26. The van der Waals surface area contributed by atoms with Crippen molar-refractivity contribution in [1.29, 1.82) is 0 Å². The minimum Gasteiger partial charge on any atom is -0.293 e. The number of likely N-dealkylation sites (N-methyl/N-ethyl adjacent to an activating group) is 1. The van der Waals surface area contributed by atoms with E-state index in [1.54, 1.807) is 0 Å². The molecule has 1 fully saturated rings. The van der Waals surface area contributed by atoms with Crippen molar-refractivity contribution in [2.45, 2.75) is 19.0 Å². The third kappa shape index (κ3) is 1.05. The molecule has 1 heteroatoms. The summed E-state index contributed by atoms with van der Waals surface area (Å²) in [5.41, 5.74) is 1.45. The molecule has 0 amide bonds. The van der Waals surface area contributed by atoms with Gasteiger partial charge in [-0.05, 0) is 19.5 Å². The van der Waals surface area contributed by atoms with Crippen LogP contribution < -0.4 is 0 Å². The Morgan fingerprint density at radius 3 is 2.18 bits per heavy atom. The highest BCUT2D eigenvalue weighted by molar-refractivity contribution is 5.25. The summed E-state index contributed by atoms with van der Waals surface area (Å²) in [5.74, 6) is 0. The summed E-state index contributed by atoms with van der Waals surface area (Å²) in [6, 6.07) is 12.1. The molecule has 1 aliphatic heterocycles. The minimum absolute atomic E-state index is 0.677. The summed E-state index contributed by atoms with van der Waals surface area (Å²) < 4.78 is 0. The fourth-order valence-corrected chi connectivity index (χ4v) is 1.66. The Hall–Kier alpha value is -0.820. The average Bonchev–Trinajstić information content (AvgIpc) is 2.62. The molecule has 58 valence electrons. The van der Waals surface area contributed by atoms with Gasteiger partial charge in [0.1, 0.15) is 0 Å². The largest absolute Gasteiger partial charge is 0.293 e. The van der Waals surface area contributed by atoms with E-state index in [2.05, 4.69) is 49.2 Å². The highest BCUT2D eigenvalue weighted by atomic mass is 15.3. The Morgan fingerprint density at radius 1 is 1.18 bits per heavy atom. The first-order valence-corrected chi connectivity index (χ1v) is 4.07. The molecule has 0 aliphatic carbocycles. The number of nitrogens with zero attached hydrogens (tertiary/aromatic N) is 1. The van der Waals surface area contributed by atoms with Crippen LogP contribution in [0.3, 0.4) is 0 Å². The molecule has 1 nitrogen and oxygen atoms in total. The van der Waals surface area contributed by atoms with E-state index in [4.69, 9.17) is 0 Å². The van der Waals surface area contributed by atoms with E-state index in [-0.39, 0.29) is 0 Å². The van der Waals surface area contributed by atoms with Gasteiger partial charge in [-0.1, -0.05) is 30.3 Å². The smallest absolute Gasteiger partial charge is 0.0501 e. The van der Waals surface area contributed by atoms with Gasteiger partial charge in [0.25, 0.3) is 0 Å². The van der Waals surface area contributed by atoms with E-state index in [0.29, 0.717) is 6.04 Å². The average molecular weight is 147 g/mol. The van der Waals surface area contributed by atoms with E-state index < -0.39 is 0 Å². The Morgan fingerprint density at radius 2 is 1.73 bits per heavy atom. The summed E-state index contributed by atoms with van der Waals surface area (Å²) in [4.78, 5) is 2.37. The van der Waals surface area contributed by atoms with Crippen LogP contribution in [0.4, 0.5) is 0 Å². The molecule has 0 spiro atoms. The van der Waals surface area contributed by atoms with Crippen molar-refractivity contribution in [2.24, 2.45) is 0 Å². The Labute approximate surface area is 67.6 Å². The standard InChI is InChI=1S/C10H13N/c1-8-10(11(8)2)9-6-4-3-5-7-9/h3-8,10H,1-2H3/t8-,10-,11?/m0/s1. The predicted octanol–water partition coefficient (Wildman–Crippen LogP) is 2.06. The summed E-state index contributed by atoms with van der Waals surface area (Å²) in [6.07, 6.45) is 0. The lowest BCUT2D eigenvalue weighted by atomic mass is 10.1. The molecular formula is C10H13N. The Bertz CT molecular complexity index is 234. The van der Waals surface area contributed by atoms with Crippen LogP contribution >= 0.6 is 0 Å². The summed E-state index contributed by atoms with van der Waals surface area (Å²) in [5, 5.41) is 0. The summed E-state index contributed by atoms with van der Waals surface area (Å²) in [7, 11) is 2.17. The molecule has 0 aromatic heterocycles. The van der Waals surface area contributed by atoms with Gasteiger partial charge in [-0.2, -0.15) is 0 Å². The van der Waals surface area contributed by atoms with Gasteiger partial charge in [-0.25, -0.2) is 0 Å². The number of rotatable bonds is 1. The third-order valence-electron chi connectivity index (χ3n) is 2.59. The predicted molar refractivity (Wildman–Crippen MR) is 46.4 cm³/mol. The van der Waals surface area contributed by atoms with Crippen molar-refractivity contribution >= 4 is 0 Å². The second kappa shape index (κ2) is 2.35. The molecule has 0 saturated carbocycles. The molecular weight excluding hydrogens is 134 g/mol. The number of hydrogen-bond donors (Lipinski definition) is 0. The van der Waals surface area contributed by atoms with Crippen LogP contribution in [0.1, 0.15) is 18.5 Å². The van der Waals surface area contributed by atoms with E-state index in [9.17, 15) is 0 Å². The Balaban J connectivity index is 2.20. The molecule has 3 atom stereocenters. The minimum atomic E-state index is 0.677. The van der Waals surface area contributed by atoms with E-state index in [1.165, 1.54) is 5.56 Å². The molecule has 2 rings (SSSR count). The van der Waals surface area contributed by atoms with Gasteiger partial charge >= 0.3 is 0 Å². The van der Waals surface area contributed by atoms with Gasteiger partial charge in [0, 0.05) is 6.04 Å². The van der Waals surface area contributed by atoms with Gasteiger partial charge in [-0.3, -0.25) is 4.90 Å². The van der Waals surface area contributed by atoms with Crippen LogP contribution in [0.15, 0.2) is 30.3 Å². The third-order valence-corrected chi connectivity index (χ3v) is 2.59. The molecule has 1 aromatic rings. The Kier molecular flexibility index (Phi) is 1.46. The molecule has 1 aliphatic rings. The zero-order chi connectivity index (χ0) is 7.84. The SMILES string of the molecule is C[C@H]1[C@@H](c2ccccc2)N1C. The highest BCUT2D eigenvalue weighted by Gasteiger charge is 2.40. The first-order chi connectivity index (χ1) is 5.30. The molecule has 11 heavy (non-hydrogen) atoms. The van der Waals surface area contributed by atoms with Crippen molar-refractivity contribution in [2.75, 3.05) is 7.05 Å². The summed E-state index contributed by atoms with van der Waals surface area (Å²) >= 11 is 0. The maximum absolute atomic E-state index is 2.37. The first kappa shape index (κ1) is 6.86. The van der Waals surface area contributed by atoms with Gasteiger partial charge < -0.3 is 0 Å². The van der Waals surface area contributed by atoms with Crippen molar-refractivity contribution in [3.63, 3.8) is 0 Å². The fourth-order valence-electron chi connectivity index (χ4n) is 1.66. The van der Waals surface area contributed by atoms with Crippen LogP contribution in [0.2, 0.25) is 0 Å². The van der Waals surface area contributed by atoms with E-state index >= 15 is 0 Å². The molecule has 1 saturated heterocycles. The van der Waals surface area contributed by atoms with Crippen LogP contribution in [0.25, 0.3) is 0 Å². The topological polar surface area (TPSA) is 3.01 Å². The van der Waals surface area contributed by atoms with E-state index in [1.807, 2.05) is 0 Å². The quantitative estimate of drug-likeness (QED) is 0.549. The molecule has 1 unspecified atom stereocenters.